The molecular formula is C21H16ClNO2. The summed E-state index contributed by atoms with van der Waals surface area (Å²) in [7, 11) is 0. The normalized spacial score (nSPS) is 11.7. The Labute approximate surface area is 151 Å². The number of pyridine rings is 1. The molecule has 0 radical (unpaired) electrons. The molecule has 0 saturated heterocycles. The lowest BCUT2D eigenvalue weighted by Gasteiger charge is -2.16. The van der Waals surface area contributed by atoms with E-state index in [1.54, 1.807) is 60.9 Å². The Morgan fingerprint density at radius 2 is 1.48 bits per heavy atom. The van der Waals surface area contributed by atoms with Gasteiger partial charge in [-0.25, -0.2) is 0 Å². The SMILES string of the molecule is O=C(CC(C(=O)c1ccc(Cl)cc1)c1ccncc1)c1ccccc1. The predicted molar refractivity (Wildman–Crippen MR) is 98.2 cm³/mol. The maximum atomic E-state index is 13.0. The molecule has 3 rings (SSSR count). The van der Waals surface area contributed by atoms with E-state index in [0.717, 1.165) is 5.56 Å². The fourth-order valence-electron chi connectivity index (χ4n) is 2.70. The molecule has 0 aliphatic carbocycles. The van der Waals surface area contributed by atoms with E-state index >= 15 is 0 Å². The molecule has 3 nitrogen and oxygen atoms in total. The van der Waals surface area contributed by atoms with Crippen LogP contribution in [0.3, 0.4) is 0 Å². The number of ketones is 2. The van der Waals surface area contributed by atoms with Crippen LogP contribution < -0.4 is 0 Å². The zero-order valence-corrected chi connectivity index (χ0v) is 14.2. The highest BCUT2D eigenvalue weighted by Crippen LogP contribution is 2.26. The molecule has 0 fully saturated rings. The highest BCUT2D eigenvalue weighted by molar-refractivity contribution is 6.30. The van der Waals surface area contributed by atoms with Gasteiger partial charge in [0.1, 0.15) is 0 Å². The third kappa shape index (κ3) is 4.20. The summed E-state index contributed by atoms with van der Waals surface area (Å²) in [6.45, 7) is 0. The summed E-state index contributed by atoms with van der Waals surface area (Å²) >= 11 is 5.90. The van der Waals surface area contributed by atoms with Crippen molar-refractivity contribution >= 4 is 23.2 Å². The molecule has 1 heterocycles. The van der Waals surface area contributed by atoms with Crippen molar-refractivity contribution < 1.29 is 9.59 Å². The Morgan fingerprint density at radius 1 is 0.840 bits per heavy atom. The maximum absolute atomic E-state index is 13.0. The van der Waals surface area contributed by atoms with Gasteiger partial charge in [0.05, 0.1) is 5.92 Å². The number of rotatable bonds is 6. The fourth-order valence-corrected chi connectivity index (χ4v) is 2.83. The summed E-state index contributed by atoms with van der Waals surface area (Å²) in [5.74, 6) is -0.728. The molecule has 0 N–H and O–H groups in total. The Morgan fingerprint density at radius 3 is 2.12 bits per heavy atom. The van der Waals surface area contributed by atoms with Gasteiger partial charge in [-0.15, -0.1) is 0 Å². The molecule has 2 aromatic carbocycles. The van der Waals surface area contributed by atoms with E-state index in [0.29, 0.717) is 16.1 Å². The van der Waals surface area contributed by atoms with Crippen molar-refractivity contribution in [2.45, 2.75) is 12.3 Å². The molecular weight excluding hydrogens is 334 g/mol. The van der Waals surface area contributed by atoms with Gasteiger partial charge in [-0.3, -0.25) is 14.6 Å². The Bertz CT molecular complexity index is 861. The van der Waals surface area contributed by atoms with Crippen LogP contribution in [0.1, 0.15) is 38.6 Å². The van der Waals surface area contributed by atoms with Crippen molar-refractivity contribution in [1.29, 1.82) is 0 Å². The van der Waals surface area contributed by atoms with Gasteiger partial charge in [0.2, 0.25) is 0 Å². The van der Waals surface area contributed by atoms with Gasteiger partial charge >= 0.3 is 0 Å². The number of halogens is 1. The fraction of sp³-hybridized carbons (Fsp3) is 0.0952. The summed E-state index contributed by atoms with van der Waals surface area (Å²) in [6, 6.07) is 19.3. The molecule has 0 bridgehead atoms. The maximum Gasteiger partial charge on any atom is 0.170 e. The Balaban J connectivity index is 1.91. The largest absolute Gasteiger partial charge is 0.294 e. The second-order valence-corrected chi connectivity index (χ2v) is 6.13. The molecule has 3 aromatic rings. The molecule has 0 spiro atoms. The summed E-state index contributed by atoms with van der Waals surface area (Å²) in [5, 5.41) is 0.567. The molecule has 0 aliphatic heterocycles. The molecule has 0 amide bonds. The topological polar surface area (TPSA) is 47.0 Å². The lowest BCUT2D eigenvalue weighted by molar-refractivity contribution is 0.0893. The molecule has 25 heavy (non-hydrogen) atoms. The Kier molecular flexibility index (Phi) is 5.36. The lowest BCUT2D eigenvalue weighted by Crippen LogP contribution is -2.17. The molecule has 0 aliphatic rings. The van der Waals surface area contributed by atoms with Crippen LogP contribution in [-0.2, 0) is 0 Å². The number of carbonyl (C=O) groups excluding carboxylic acids is 2. The van der Waals surface area contributed by atoms with E-state index in [-0.39, 0.29) is 18.0 Å². The van der Waals surface area contributed by atoms with Crippen molar-refractivity contribution in [3.05, 3.63) is 101 Å². The number of aromatic nitrogens is 1. The van der Waals surface area contributed by atoms with Gasteiger partial charge in [-0.2, -0.15) is 0 Å². The molecule has 0 saturated carbocycles. The van der Waals surface area contributed by atoms with Crippen molar-refractivity contribution in [2.75, 3.05) is 0 Å². The van der Waals surface area contributed by atoms with E-state index in [1.807, 2.05) is 18.2 Å². The zero-order chi connectivity index (χ0) is 17.6. The van der Waals surface area contributed by atoms with Crippen LogP contribution >= 0.6 is 11.6 Å². The van der Waals surface area contributed by atoms with E-state index in [1.165, 1.54) is 0 Å². The molecule has 1 atom stereocenters. The van der Waals surface area contributed by atoms with Crippen molar-refractivity contribution in [3.63, 3.8) is 0 Å². The van der Waals surface area contributed by atoms with Gasteiger partial charge in [0, 0.05) is 35.0 Å². The molecule has 4 heteroatoms. The third-order valence-corrected chi connectivity index (χ3v) is 4.29. The van der Waals surface area contributed by atoms with Crippen LogP contribution in [0.2, 0.25) is 5.02 Å². The smallest absolute Gasteiger partial charge is 0.170 e. The Hall–Kier alpha value is -2.78. The minimum absolute atomic E-state index is 0.0651. The first-order valence-electron chi connectivity index (χ1n) is 7.93. The zero-order valence-electron chi connectivity index (χ0n) is 13.4. The average molecular weight is 350 g/mol. The monoisotopic (exact) mass is 349 g/mol. The first-order chi connectivity index (χ1) is 12.1. The summed E-state index contributed by atoms with van der Waals surface area (Å²) in [6.07, 6.45) is 3.37. The van der Waals surface area contributed by atoms with E-state index in [2.05, 4.69) is 4.98 Å². The van der Waals surface area contributed by atoms with Crippen molar-refractivity contribution in [3.8, 4) is 0 Å². The van der Waals surface area contributed by atoms with Crippen LogP contribution in [0.25, 0.3) is 0 Å². The lowest BCUT2D eigenvalue weighted by atomic mass is 9.86. The van der Waals surface area contributed by atoms with Crippen molar-refractivity contribution in [1.82, 2.24) is 4.98 Å². The van der Waals surface area contributed by atoms with Crippen LogP contribution in [-0.4, -0.2) is 16.6 Å². The van der Waals surface area contributed by atoms with E-state index < -0.39 is 5.92 Å². The second-order valence-electron chi connectivity index (χ2n) is 5.70. The number of hydrogen-bond donors (Lipinski definition) is 0. The first kappa shape index (κ1) is 17.1. The van der Waals surface area contributed by atoms with E-state index in [9.17, 15) is 9.59 Å². The standard InChI is InChI=1S/C21H16ClNO2/c22-18-8-6-17(7-9-18)21(25)19(15-10-12-23-13-11-15)14-20(24)16-4-2-1-3-5-16/h1-13,19H,14H2. The van der Waals surface area contributed by atoms with Gasteiger partial charge in [0.25, 0.3) is 0 Å². The molecule has 1 unspecified atom stereocenters. The quantitative estimate of drug-likeness (QED) is 0.590. The van der Waals surface area contributed by atoms with Gasteiger partial charge < -0.3 is 0 Å². The minimum Gasteiger partial charge on any atom is -0.294 e. The van der Waals surface area contributed by atoms with Crippen LogP contribution in [0.5, 0.6) is 0 Å². The highest BCUT2D eigenvalue weighted by Gasteiger charge is 2.25. The number of carbonyl (C=O) groups is 2. The predicted octanol–water partition coefficient (Wildman–Crippen LogP) is 4.97. The minimum atomic E-state index is -0.558. The number of benzene rings is 2. The van der Waals surface area contributed by atoms with Crippen molar-refractivity contribution in [2.24, 2.45) is 0 Å². The summed E-state index contributed by atoms with van der Waals surface area (Å²) in [4.78, 5) is 29.6. The number of Topliss-reactive ketones (excluding diaryl/α,β-unsaturated/α-hetero) is 2. The van der Waals surface area contributed by atoms with Gasteiger partial charge in [-0.1, -0.05) is 41.9 Å². The number of nitrogens with zero attached hydrogens (tertiary/aromatic N) is 1. The second kappa shape index (κ2) is 7.86. The first-order valence-corrected chi connectivity index (χ1v) is 8.31. The summed E-state index contributed by atoms with van der Waals surface area (Å²) in [5.41, 5.74) is 1.91. The van der Waals surface area contributed by atoms with Crippen LogP contribution in [0, 0.1) is 0 Å². The molecule has 124 valence electrons. The van der Waals surface area contributed by atoms with Gasteiger partial charge in [-0.05, 0) is 42.0 Å². The highest BCUT2D eigenvalue weighted by atomic mass is 35.5. The van der Waals surface area contributed by atoms with Crippen LogP contribution in [0.4, 0.5) is 0 Å². The van der Waals surface area contributed by atoms with Gasteiger partial charge in [0.15, 0.2) is 11.6 Å². The number of hydrogen-bond acceptors (Lipinski definition) is 3. The van der Waals surface area contributed by atoms with Crippen LogP contribution in [0.15, 0.2) is 79.1 Å². The van der Waals surface area contributed by atoms with E-state index in [4.69, 9.17) is 11.6 Å². The summed E-state index contributed by atoms with van der Waals surface area (Å²) < 4.78 is 0. The average Bonchev–Trinajstić information content (AvgIpc) is 2.67. The third-order valence-electron chi connectivity index (χ3n) is 4.04. The molecule has 1 aromatic heterocycles.